The van der Waals surface area contributed by atoms with Crippen LogP contribution in [0.15, 0.2) is 0 Å². The summed E-state index contributed by atoms with van der Waals surface area (Å²) in [7, 11) is -2.38. The van der Waals surface area contributed by atoms with Crippen molar-refractivity contribution in [1.82, 2.24) is 5.06 Å². The SMILES string of the molecule is COC(=O)C[C@H]1C[C@@H](O[Si](C)(C)C(C)(C)C)CN1O[Si](C)(C)C(C)(C)C. The molecule has 0 N–H and O–H groups in total. The monoisotopic (exact) mass is 403 g/mol. The highest BCUT2D eigenvalue weighted by Crippen LogP contribution is 2.41. The maximum atomic E-state index is 11.9. The predicted molar refractivity (Wildman–Crippen MR) is 112 cm³/mol. The molecule has 7 heteroatoms. The van der Waals surface area contributed by atoms with Gasteiger partial charge in [-0.05, 0) is 42.7 Å². The maximum absolute atomic E-state index is 11.9. The summed E-state index contributed by atoms with van der Waals surface area (Å²) in [4.78, 5) is 11.9. The van der Waals surface area contributed by atoms with Crippen molar-refractivity contribution in [3.05, 3.63) is 0 Å². The Morgan fingerprint density at radius 2 is 1.50 bits per heavy atom. The van der Waals surface area contributed by atoms with Crippen LogP contribution in [0.3, 0.4) is 0 Å². The summed E-state index contributed by atoms with van der Waals surface area (Å²) in [5, 5.41) is 2.31. The zero-order valence-electron chi connectivity index (χ0n) is 18.9. The van der Waals surface area contributed by atoms with Gasteiger partial charge in [-0.15, -0.1) is 0 Å². The van der Waals surface area contributed by atoms with Gasteiger partial charge in [0.15, 0.2) is 8.32 Å². The minimum atomic E-state index is -1.97. The van der Waals surface area contributed by atoms with E-state index >= 15 is 0 Å². The number of rotatable bonds is 6. The largest absolute Gasteiger partial charge is 0.469 e. The van der Waals surface area contributed by atoms with E-state index in [0.717, 1.165) is 13.0 Å². The van der Waals surface area contributed by atoms with Crippen LogP contribution in [0.1, 0.15) is 54.4 Å². The van der Waals surface area contributed by atoms with E-state index in [1.165, 1.54) is 7.11 Å². The fourth-order valence-electron chi connectivity index (χ4n) is 2.53. The Balaban J connectivity index is 2.94. The van der Waals surface area contributed by atoms with Crippen molar-refractivity contribution in [1.29, 1.82) is 0 Å². The molecule has 154 valence electrons. The normalized spacial score (nSPS) is 23.3. The summed E-state index contributed by atoms with van der Waals surface area (Å²) in [6.07, 6.45) is 1.27. The Hall–Kier alpha value is -0.216. The highest BCUT2D eigenvalue weighted by molar-refractivity contribution is 6.74. The lowest BCUT2D eigenvalue weighted by atomic mass is 10.1. The van der Waals surface area contributed by atoms with Gasteiger partial charge in [-0.1, -0.05) is 41.5 Å². The second kappa shape index (κ2) is 8.03. The number of hydroxylamine groups is 2. The molecule has 0 aliphatic carbocycles. The Morgan fingerprint density at radius 3 is 1.92 bits per heavy atom. The van der Waals surface area contributed by atoms with Crippen LogP contribution in [0.5, 0.6) is 0 Å². The lowest BCUT2D eigenvalue weighted by Gasteiger charge is -2.40. The summed E-state index contributed by atoms with van der Waals surface area (Å²) < 4.78 is 18.1. The van der Waals surface area contributed by atoms with Crippen LogP contribution in [0.2, 0.25) is 36.3 Å². The molecule has 0 radical (unpaired) electrons. The molecule has 0 aromatic rings. The van der Waals surface area contributed by atoms with Crippen molar-refractivity contribution in [3.63, 3.8) is 0 Å². The third-order valence-corrected chi connectivity index (χ3v) is 15.2. The molecule has 1 heterocycles. The number of carbonyl (C=O) groups is 1. The van der Waals surface area contributed by atoms with Crippen LogP contribution in [0.25, 0.3) is 0 Å². The van der Waals surface area contributed by atoms with Gasteiger partial charge in [-0.3, -0.25) is 4.79 Å². The number of esters is 1. The lowest BCUT2D eigenvalue weighted by Crippen LogP contribution is -2.49. The van der Waals surface area contributed by atoms with Crippen LogP contribution >= 0.6 is 0 Å². The van der Waals surface area contributed by atoms with E-state index in [2.05, 4.69) is 67.7 Å². The molecule has 2 atom stereocenters. The minimum Gasteiger partial charge on any atom is -0.469 e. The third kappa shape index (κ3) is 5.89. The van der Waals surface area contributed by atoms with Crippen LogP contribution < -0.4 is 0 Å². The first kappa shape index (κ1) is 23.8. The average Bonchev–Trinajstić information content (AvgIpc) is 2.76. The second-order valence-electron chi connectivity index (χ2n) is 10.6. The molecule has 1 aliphatic heterocycles. The van der Waals surface area contributed by atoms with Crippen molar-refractivity contribution in [2.75, 3.05) is 13.7 Å². The third-order valence-electron chi connectivity index (χ3n) is 6.37. The van der Waals surface area contributed by atoms with Crippen molar-refractivity contribution in [2.45, 2.75) is 103 Å². The van der Waals surface area contributed by atoms with E-state index in [1.54, 1.807) is 0 Å². The van der Waals surface area contributed by atoms with Gasteiger partial charge in [0, 0.05) is 12.6 Å². The van der Waals surface area contributed by atoms with Gasteiger partial charge in [-0.25, -0.2) is 0 Å². The molecule has 1 fully saturated rings. The van der Waals surface area contributed by atoms with Crippen LogP contribution in [-0.2, 0) is 18.5 Å². The van der Waals surface area contributed by atoms with E-state index in [0.29, 0.717) is 6.42 Å². The van der Waals surface area contributed by atoms with Crippen molar-refractivity contribution >= 4 is 22.6 Å². The van der Waals surface area contributed by atoms with Crippen molar-refractivity contribution in [2.24, 2.45) is 0 Å². The van der Waals surface area contributed by atoms with Gasteiger partial charge in [0.05, 0.1) is 19.6 Å². The van der Waals surface area contributed by atoms with E-state index < -0.39 is 16.6 Å². The summed E-state index contributed by atoms with van der Waals surface area (Å²) in [5.41, 5.74) is 0. The van der Waals surface area contributed by atoms with E-state index in [4.69, 9.17) is 13.7 Å². The Labute approximate surface area is 163 Å². The second-order valence-corrected chi connectivity index (χ2v) is 20.1. The minimum absolute atomic E-state index is 0.0198. The first-order valence-electron chi connectivity index (χ1n) is 9.70. The van der Waals surface area contributed by atoms with Gasteiger partial charge in [0.1, 0.15) is 0 Å². The molecule has 0 spiro atoms. The lowest BCUT2D eigenvalue weighted by molar-refractivity contribution is -0.147. The number of carbonyl (C=O) groups excluding carboxylic acids is 1. The summed E-state index contributed by atoms with van der Waals surface area (Å²) in [5.74, 6) is -0.188. The van der Waals surface area contributed by atoms with Gasteiger partial charge in [-0.2, -0.15) is 5.06 Å². The van der Waals surface area contributed by atoms with Crippen molar-refractivity contribution in [3.8, 4) is 0 Å². The van der Waals surface area contributed by atoms with E-state index in [1.807, 2.05) is 5.06 Å². The number of hydrogen-bond donors (Lipinski definition) is 0. The standard InChI is InChI=1S/C19H41NO4Si2/c1-18(2,3)25(8,9)23-16-12-15(13-17(21)22-7)20(14-16)24-26(10,11)19(4,5)6/h15-16H,12-14H2,1-11H3/t15-,16-/m1/s1. The van der Waals surface area contributed by atoms with E-state index in [-0.39, 0.29) is 28.2 Å². The first-order chi connectivity index (χ1) is 11.5. The van der Waals surface area contributed by atoms with Crippen molar-refractivity contribution < 1.29 is 18.5 Å². The van der Waals surface area contributed by atoms with Crippen LogP contribution in [-0.4, -0.2) is 53.5 Å². The molecule has 5 nitrogen and oxygen atoms in total. The maximum Gasteiger partial charge on any atom is 0.307 e. The molecular formula is C19H41NO4Si2. The number of hydrogen-bond acceptors (Lipinski definition) is 5. The topological polar surface area (TPSA) is 48.0 Å². The molecule has 1 aliphatic rings. The first-order valence-corrected chi connectivity index (χ1v) is 15.5. The number of methoxy groups -OCH3 is 1. The fraction of sp³-hybridized carbons (Fsp3) is 0.947. The van der Waals surface area contributed by atoms with E-state index in [9.17, 15) is 4.79 Å². The zero-order chi connectivity index (χ0) is 20.6. The van der Waals surface area contributed by atoms with Gasteiger partial charge < -0.3 is 13.7 Å². The Morgan fingerprint density at radius 1 is 1.00 bits per heavy atom. The smallest absolute Gasteiger partial charge is 0.307 e. The molecule has 1 rings (SSSR count). The number of ether oxygens (including phenoxy) is 1. The molecule has 0 amide bonds. The summed E-state index contributed by atoms with van der Waals surface area (Å²) >= 11 is 0. The molecule has 0 unspecified atom stereocenters. The predicted octanol–water partition coefficient (Wildman–Crippen LogP) is 4.95. The van der Waals surface area contributed by atoms with Gasteiger partial charge in [0.25, 0.3) is 0 Å². The molecular weight excluding hydrogens is 362 g/mol. The average molecular weight is 404 g/mol. The van der Waals surface area contributed by atoms with Crippen LogP contribution in [0, 0.1) is 0 Å². The molecule has 1 saturated heterocycles. The van der Waals surface area contributed by atoms with Gasteiger partial charge in [0.2, 0.25) is 8.32 Å². The van der Waals surface area contributed by atoms with Gasteiger partial charge >= 0.3 is 5.97 Å². The molecule has 26 heavy (non-hydrogen) atoms. The number of nitrogens with zero attached hydrogens (tertiary/aromatic N) is 1. The Bertz CT molecular complexity index is 495. The quantitative estimate of drug-likeness (QED) is 0.464. The highest BCUT2D eigenvalue weighted by atomic mass is 28.4. The zero-order valence-corrected chi connectivity index (χ0v) is 20.9. The fourth-order valence-corrected chi connectivity index (χ4v) is 4.97. The summed E-state index contributed by atoms with van der Waals surface area (Å²) in [6.45, 7) is 23.2. The Kier molecular flexibility index (Phi) is 7.36. The van der Waals surface area contributed by atoms with Crippen LogP contribution in [0.4, 0.5) is 0 Å². The highest BCUT2D eigenvalue weighted by Gasteiger charge is 2.46. The molecule has 0 aromatic heterocycles. The molecule has 0 aromatic carbocycles. The summed E-state index contributed by atoms with van der Waals surface area (Å²) in [6, 6.07) is 0.0198. The molecule has 0 saturated carbocycles. The molecule has 0 bridgehead atoms.